The van der Waals surface area contributed by atoms with Crippen molar-refractivity contribution in [2.75, 3.05) is 26.2 Å². The Hall–Kier alpha value is -3.74. The molecule has 2 fully saturated rings. The van der Waals surface area contributed by atoms with Crippen LogP contribution in [0.25, 0.3) is 10.9 Å². The first kappa shape index (κ1) is 21.5. The second-order valence-electron chi connectivity index (χ2n) is 8.04. The Bertz CT molecular complexity index is 1080. The molecule has 1 unspecified atom stereocenters. The second kappa shape index (κ2) is 10.0. The van der Waals surface area contributed by atoms with Gasteiger partial charge in [0.2, 0.25) is 17.8 Å². The summed E-state index contributed by atoms with van der Waals surface area (Å²) in [5, 5.41) is 19.4. The van der Waals surface area contributed by atoms with Crippen LogP contribution in [0.1, 0.15) is 32.1 Å². The van der Waals surface area contributed by atoms with E-state index in [0.717, 1.165) is 49.7 Å². The van der Waals surface area contributed by atoms with E-state index in [1.54, 1.807) is 29.4 Å². The Morgan fingerprint density at radius 2 is 2.09 bits per heavy atom. The number of benzene rings is 1. The zero-order chi connectivity index (χ0) is 22.3. The van der Waals surface area contributed by atoms with Crippen molar-refractivity contribution in [2.24, 2.45) is 15.9 Å². The van der Waals surface area contributed by atoms with Crippen LogP contribution in [0, 0.1) is 17.4 Å². The van der Waals surface area contributed by atoms with Crippen molar-refractivity contribution < 1.29 is 9.59 Å². The lowest BCUT2D eigenvalue weighted by molar-refractivity contribution is -0.140. The smallest absolute Gasteiger partial charge is 0.242 e. The molecule has 3 heterocycles. The van der Waals surface area contributed by atoms with Gasteiger partial charge in [0, 0.05) is 31.2 Å². The molecule has 10 nitrogen and oxygen atoms in total. The van der Waals surface area contributed by atoms with Crippen LogP contribution in [0.2, 0.25) is 0 Å². The van der Waals surface area contributed by atoms with Gasteiger partial charge in [0.25, 0.3) is 0 Å². The molecule has 4 rings (SSSR count). The third kappa shape index (κ3) is 5.11. The van der Waals surface area contributed by atoms with Gasteiger partial charge in [0.05, 0.1) is 29.9 Å². The summed E-state index contributed by atoms with van der Waals surface area (Å²) in [4.78, 5) is 37.8. The average Bonchev–Trinajstić information content (AvgIpc) is 3.46. The molecule has 10 heteroatoms. The number of aromatic amines is 1. The Kier molecular flexibility index (Phi) is 6.75. The Morgan fingerprint density at radius 1 is 1.28 bits per heavy atom. The first-order chi connectivity index (χ1) is 15.6. The van der Waals surface area contributed by atoms with Crippen LogP contribution >= 0.6 is 0 Å². The zero-order valence-corrected chi connectivity index (χ0v) is 17.8. The van der Waals surface area contributed by atoms with E-state index in [1.807, 2.05) is 17.2 Å². The molecule has 0 saturated carbocycles. The van der Waals surface area contributed by atoms with Gasteiger partial charge in [0.1, 0.15) is 0 Å². The third-order valence-electron chi connectivity index (χ3n) is 5.81. The number of carbonyl (C=O) groups excluding carboxylic acids is 2. The summed E-state index contributed by atoms with van der Waals surface area (Å²) in [7, 11) is 0. The summed E-state index contributed by atoms with van der Waals surface area (Å²) in [5.74, 6) is -0.446. The molecule has 0 spiro atoms. The van der Waals surface area contributed by atoms with Gasteiger partial charge >= 0.3 is 0 Å². The number of nitrogens with one attached hydrogen (secondary N) is 2. The lowest BCUT2D eigenvalue weighted by Crippen LogP contribution is -2.44. The van der Waals surface area contributed by atoms with Gasteiger partial charge in [0.15, 0.2) is 6.19 Å². The number of likely N-dealkylation sites (tertiary alicyclic amines) is 2. The second-order valence-corrected chi connectivity index (χ2v) is 8.04. The number of nitrogens with zero attached hydrogens (tertiary/aromatic N) is 6. The zero-order valence-electron chi connectivity index (χ0n) is 17.8. The van der Waals surface area contributed by atoms with Crippen molar-refractivity contribution in [3.8, 4) is 6.19 Å². The summed E-state index contributed by atoms with van der Waals surface area (Å²) >= 11 is 0. The van der Waals surface area contributed by atoms with Gasteiger partial charge in [-0.2, -0.15) is 10.4 Å². The largest absolute Gasteiger partial charge is 0.341 e. The van der Waals surface area contributed by atoms with Gasteiger partial charge in [-0.05, 0) is 43.9 Å². The van der Waals surface area contributed by atoms with E-state index >= 15 is 0 Å². The molecule has 32 heavy (non-hydrogen) atoms. The fourth-order valence-corrected chi connectivity index (χ4v) is 4.08. The minimum atomic E-state index is -0.454. The fraction of sp³-hybridized carbons (Fsp3) is 0.455. The van der Waals surface area contributed by atoms with E-state index in [2.05, 4.69) is 25.5 Å². The molecule has 2 aliphatic heterocycles. The average molecular weight is 435 g/mol. The van der Waals surface area contributed by atoms with Crippen LogP contribution in [0.3, 0.4) is 0 Å². The van der Waals surface area contributed by atoms with Gasteiger partial charge in [-0.15, -0.1) is 0 Å². The number of hydrogen-bond donors (Lipinski definition) is 2. The van der Waals surface area contributed by atoms with Gasteiger partial charge < -0.3 is 9.80 Å². The number of aliphatic imine (C=N–C) groups is 2. The van der Waals surface area contributed by atoms with Crippen molar-refractivity contribution in [3.05, 3.63) is 24.4 Å². The SMILES string of the molecule is N#CNC(=Nc1ccc2cn[nH]c2c1)/N=C\C1CCCCN(CC(=O)N2CCCC2)C1=O. The quantitative estimate of drug-likeness (QED) is 0.329. The summed E-state index contributed by atoms with van der Waals surface area (Å²) in [6.45, 7) is 2.24. The number of amides is 2. The molecular weight excluding hydrogens is 408 g/mol. The fourth-order valence-electron chi connectivity index (χ4n) is 4.08. The highest BCUT2D eigenvalue weighted by atomic mass is 16.2. The summed E-state index contributed by atoms with van der Waals surface area (Å²) in [6.07, 6.45) is 9.51. The lowest BCUT2D eigenvalue weighted by atomic mass is 10.0. The van der Waals surface area contributed by atoms with Crippen LogP contribution in [-0.2, 0) is 9.59 Å². The van der Waals surface area contributed by atoms with E-state index < -0.39 is 5.92 Å². The highest BCUT2D eigenvalue weighted by Crippen LogP contribution is 2.20. The Labute approximate surface area is 186 Å². The van der Waals surface area contributed by atoms with Crippen molar-refractivity contribution in [1.82, 2.24) is 25.3 Å². The van der Waals surface area contributed by atoms with E-state index in [-0.39, 0.29) is 24.3 Å². The van der Waals surface area contributed by atoms with Crippen molar-refractivity contribution in [1.29, 1.82) is 5.26 Å². The van der Waals surface area contributed by atoms with Gasteiger partial charge in [-0.25, -0.2) is 9.98 Å². The molecule has 1 aromatic carbocycles. The Balaban J connectivity index is 1.47. The molecule has 2 saturated heterocycles. The standard InChI is InChI=1S/C22H26N8O2/c23-15-25-22(27-18-7-6-16-13-26-28-19(16)11-18)24-12-17-5-1-2-10-30(21(17)32)14-20(31)29-8-3-4-9-29/h6-7,11-13,17H,1-5,8-10,14H2,(H,25,27)(H,26,28)/b24-12-. The van der Waals surface area contributed by atoms with Crippen LogP contribution in [-0.4, -0.2) is 70.2 Å². The first-order valence-corrected chi connectivity index (χ1v) is 10.9. The van der Waals surface area contributed by atoms with Crippen molar-refractivity contribution >= 4 is 40.6 Å². The molecule has 0 bridgehead atoms. The van der Waals surface area contributed by atoms with Crippen LogP contribution in [0.15, 0.2) is 34.4 Å². The molecule has 2 amide bonds. The molecule has 0 aliphatic carbocycles. The number of aromatic nitrogens is 2. The van der Waals surface area contributed by atoms with E-state index in [9.17, 15) is 9.59 Å². The molecule has 2 aliphatic rings. The maximum absolute atomic E-state index is 13.1. The Morgan fingerprint density at radius 3 is 2.91 bits per heavy atom. The van der Waals surface area contributed by atoms with Crippen LogP contribution in [0.4, 0.5) is 5.69 Å². The van der Waals surface area contributed by atoms with Gasteiger partial charge in [-0.3, -0.25) is 20.0 Å². The van der Waals surface area contributed by atoms with Crippen molar-refractivity contribution in [3.63, 3.8) is 0 Å². The molecule has 0 radical (unpaired) electrons. The number of guanidine groups is 1. The normalized spacial score (nSPS) is 20.0. The number of H-pyrrole nitrogens is 1. The van der Waals surface area contributed by atoms with Crippen LogP contribution < -0.4 is 5.32 Å². The molecule has 2 N–H and O–H groups in total. The number of rotatable bonds is 4. The highest BCUT2D eigenvalue weighted by molar-refractivity contribution is 6.00. The number of hydrogen-bond acceptors (Lipinski definition) is 5. The van der Waals surface area contributed by atoms with Gasteiger partial charge in [-0.1, -0.05) is 6.42 Å². The summed E-state index contributed by atoms with van der Waals surface area (Å²) < 4.78 is 0. The minimum Gasteiger partial charge on any atom is -0.341 e. The van der Waals surface area contributed by atoms with E-state index in [4.69, 9.17) is 5.26 Å². The predicted molar refractivity (Wildman–Crippen MR) is 120 cm³/mol. The molecule has 1 aromatic heterocycles. The third-order valence-corrected chi connectivity index (χ3v) is 5.81. The topological polar surface area (TPSA) is 130 Å². The number of carbonyl (C=O) groups is 2. The maximum Gasteiger partial charge on any atom is 0.242 e. The highest BCUT2D eigenvalue weighted by Gasteiger charge is 2.29. The van der Waals surface area contributed by atoms with E-state index in [0.29, 0.717) is 18.7 Å². The van der Waals surface area contributed by atoms with E-state index in [1.165, 1.54) is 0 Å². The van der Waals surface area contributed by atoms with Crippen molar-refractivity contribution in [2.45, 2.75) is 32.1 Å². The number of nitriles is 1. The summed E-state index contributed by atoms with van der Waals surface area (Å²) in [6, 6.07) is 5.48. The lowest BCUT2D eigenvalue weighted by Gasteiger charge is -2.25. The number of fused-ring (bicyclic) bond motifs is 1. The molecule has 166 valence electrons. The minimum absolute atomic E-state index is 0.0102. The monoisotopic (exact) mass is 434 g/mol. The molecule has 2 aromatic rings. The summed E-state index contributed by atoms with van der Waals surface area (Å²) in [5.41, 5.74) is 1.42. The molecular formula is C22H26N8O2. The molecule has 1 atom stereocenters. The van der Waals surface area contributed by atoms with Crippen LogP contribution in [0.5, 0.6) is 0 Å². The predicted octanol–water partition coefficient (Wildman–Crippen LogP) is 1.94. The first-order valence-electron chi connectivity index (χ1n) is 10.9. The maximum atomic E-state index is 13.1.